The number of nitrogens with one attached hydrogen (secondary N) is 2. The quantitative estimate of drug-likeness (QED) is 0.487. The first-order valence-corrected chi connectivity index (χ1v) is 10.4. The molecular formula is C24H27N3O5. The number of urea groups is 1. The molecule has 0 radical (unpaired) electrons. The Hall–Kier alpha value is -3.68. The summed E-state index contributed by atoms with van der Waals surface area (Å²) in [5.74, 6) is -0.115. The lowest BCUT2D eigenvalue weighted by atomic mass is 9.92. The van der Waals surface area contributed by atoms with Gasteiger partial charge in [0.15, 0.2) is 5.78 Å². The number of hydrogen-bond acceptors (Lipinski definition) is 5. The molecule has 32 heavy (non-hydrogen) atoms. The van der Waals surface area contributed by atoms with Crippen LogP contribution in [0.15, 0.2) is 48.5 Å². The van der Waals surface area contributed by atoms with Gasteiger partial charge in [-0.3, -0.25) is 19.3 Å². The molecule has 0 bridgehead atoms. The minimum Gasteiger partial charge on any atom is -0.497 e. The molecule has 1 heterocycles. The fourth-order valence-electron chi connectivity index (χ4n) is 3.52. The highest BCUT2D eigenvalue weighted by atomic mass is 16.5. The lowest BCUT2D eigenvalue weighted by Crippen LogP contribution is -2.41. The Morgan fingerprint density at radius 3 is 2.25 bits per heavy atom. The van der Waals surface area contributed by atoms with Crippen molar-refractivity contribution in [3.8, 4) is 5.75 Å². The molecule has 0 saturated carbocycles. The minimum atomic E-state index is -1.27. The average molecular weight is 437 g/mol. The molecule has 2 aromatic carbocycles. The van der Waals surface area contributed by atoms with Crippen molar-refractivity contribution in [3.05, 3.63) is 59.7 Å². The van der Waals surface area contributed by atoms with Crippen LogP contribution in [0.5, 0.6) is 5.75 Å². The lowest BCUT2D eigenvalue weighted by molar-refractivity contribution is -0.130. The second kappa shape index (κ2) is 9.21. The summed E-state index contributed by atoms with van der Waals surface area (Å²) in [4.78, 5) is 51.1. The normalized spacial score (nSPS) is 18.0. The first-order chi connectivity index (χ1) is 15.1. The van der Waals surface area contributed by atoms with Gasteiger partial charge >= 0.3 is 6.03 Å². The number of benzene rings is 2. The van der Waals surface area contributed by atoms with E-state index in [2.05, 4.69) is 10.6 Å². The maximum atomic E-state index is 13.0. The first kappa shape index (κ1) is 23.0. The van der Waals surface area contributed by atoms with E-state index >= 15 is 0 Å². The van der Waals surface area contributed by atoms with Crippen LogP contribution in [0.4, 0.5) is 10.5 Å². The number of ether oxygens (including phenoxy) is 1. The largest absolute Gasteiger partial charge is 0.497 e. The van der Waals surface area contributed by atoms with Crippen LogP contribution >= 0.6 is 0 Å². The fourth-order valence-corrected chi connectivity index (χ4v) is 3.52. The Labute approximate surface area is 186 Å². The standard InChI is InChI=1S/C24H27N3O5/c1-15(2)13-21(29)25-18-9-5-16(6-10-18)20(28)14-27-22(30)24(3,26-23(27)31)17-7-11-19(32-4)12-8-17/h5-12,15H,13-14H2,1-4H3,(H,25,29)(H,26,31)/t24-/m1/s1. The Morgan fingerprint density at radius 2 is 1.69 bits per heavy atom. The molecule has 4 amide bonds. The number of rotatable bonds is 8. The third kappa shape index (κ3) is 4.80. The summed E-state index contributed by atoms with van der Waals surface area (Å²) in [6, 6.07) is 12.6. The number of Topliss-reactive ketones (excluding diaryl/α,β-unsaturated/α-hetero) is 1. The summed E-state index contributed by atoms with van der Waals surface area (Å²) in [7, 11) is 1.54. The van der Waals surface area contributed by atoms with E-state index in [9.17, 15) is 19.2 Å². The number of methoxy groups -OCH3 is 1. The highest BCUT2D eigenvalue weighted by molar-refractivity contribution is 6.11. The van der Waals surface area contributed by atoms with Crippen molar-refractivity contribution in [3.63, 3.8) is 0 Å². The summed E-state index contributed by atoms with van der Waals surface area (Å²) < 4.78 is 5.13. The van der Waals surface area contributed by atoms with E-state index in [4.69, 9.17) is 4.74 Å². The Bertz CT molecular complexity index is 1030. The van der Waals surface area contributed by atoms with Crippen LogP contribution in [0.1, 0.15) is 43.1 Å². The van der Waals surface area contributed by atoms with E-state index in [1.54, 1.807) is 62.6 Å². The topological polar surface area (TPSA) is 105 Å². The third-order valence-electron chi connectivity index (χ3n) is 5.33. The van der Waals surface area contributed by atoms with Crippen molar-refractivity contribution in [2.45, 2.75) is 32.7 Å². The zero-order chi connectivity index (χ0) is 23.5. The molecule has 0 aromatic heterocycles. The van der Waals surface area contributed by atoms with Gasteiger partial charge in [-0.1, -0.05) is 26.0 Å². The Morgan fingerprint density at radius 1 is 1.06 bits per heavy atom. The van der Waals surface area contributed by atoms with E-state index in [-0.39, 0.29) is 24.2 Å². The van der Waals surface area contributed by atoms with Crippen LogP contribution in [0.2, 0.25) is 0 Å². The van der Waals surface area contributed by atoms with Crippen molar-refractivity contribution in [1.82, 2.24) is 10.2 Å². The molecule has 1 fully saturated rings. The third-order valence-corrected chi connectivity index (χ3v) is 5.33. The molecule has 0 unspecified atom stereocenters. The van der Waals surface area contributed by atoms with Crippen molar-refractivity contribution < 1.29 is 23.9 Å². The lowest BCUT2D eigenvalue weighted by Gasteiger charge is -2.22. The molecule has 1 saturated heterocycles. The van der Waals surface area contributed by atoms with Gasteiger partial charge in [0, 0.05) is 17.7 Å². The summed E-state index contributed by atoms with van der Waals surface area (Å²) >= 11 is 0. The van der Waals surface area contributed by atoms with E-state index in [1.807, 2.05) is 13.8 Å². The molecule has 168 valence electrons. The number of ketones is 1. The van der Waals surface area contributed by atoms with Crippen LogP contribution in [0, 0.1) is 5.92 Å². The number of hydrogen-bond donors (Lipinski definition) is 2. The second-order valence-electron chi connectivity index (χ2n) is 8.32. The first-order valence-electron chi connectivity index (χ1n) is 10.4. The van der Waals surface area contributed by atoms with E-state index < -0.39 is 17.5 Å². The van der Waals surface area contributed by atoms with Crippen LogP contribution in [0.3, 0.4) is 0 Å². The number of amides is 4. The van der Waals surface area contributed by atoms with Crippen LogP contribution in [-0.4, -0.2) is 42.2 Å². The van der Waals surface area contributed by atoms with E-state index in [0.29, 0.717) is 29.0 Å². The summed E-state index contributed by atoms with van der Waals surface area (Å²) in [5, 5.41) is 5.46. The molecule has 8 nitrogen and oxygen atoms in total. The molecule has 2 N–H and O–H groups in total. The summed E-state index contributed by atoms with van der Waals surface area (Å²) in [6.07, 6.45) is 0.403. The Kier molecular flexibility index (Phi) is 6.62. The molecule has 3 rings (SSSR count). The number of carbonyl (C=O) groups excluding carboxylic acids is 4. The maximum absolute atomic E-state index is 13.0. The van der Waals surface area contributed by atoms with Gasteiger partial charge in [-0.05, 0) is 54.8 Å². The zero-order valence-electron chi connectivity index (χ0n) is 18.6. The van der Waals surface area contributed by atoms with Gasteiger partial charge in [-0.25, -0.2) is 4.79 Å². The SMILES string of the molecule is COc1ccc([C@@]2(C)NC(=O)N(CC(=O)c3ccc(NC(=O)CC(C)C)cc3)C2=O)cc1. The van der Waals surface area contributed by atoms with E-state index in [1.165, 1.54) is 0 Å². The minimum absolute atomic E-state index is 0.101. The molecule has 1 aliphatic rings. The van der Waals surface area contributed by atoms with Gasteiger partial charge in [-0.2, -0.15) is 0 Å². The van der Waals surface area contributed by atoms with Gasteiger partial charge < -0.3 is 15.4 Å². The van der Waals surface area contributed by atoms with Crippen molar-refractivity contribution in [2.75, 3.05) is 19.0 Å². The average Bonchev–Trinajstić information content (AvgIpc) is 2.97. The molecule has 1 aliphatic heterocycles. The van der Waals surface area contributed by atoms with Crippen molar-refractivity contribution in [2.24, 2.45) is 5.92 Å². The fraction of sp³-hybridized carbons (Fsp3) is 0.333. The van der Waals surface area contributed by atoms with Crippen LogP contribution < -0.4 is 15.4 Å². The maximum Gasteiger partial charge on any atom is 0.325 e. The van der Waals surface area contributed by atoms with E-state index in [0.717, 1.165) is 4.90 Å². The molecule has 0 spiro atoms. The van der Waals surface area contributed by atoms with Crippen molar-refractivity contribution >= 4 is 29.3 Å². The number of imide groups is 1. The predicted octanol–water partition coefficient (Wildman–Crippen LogP) is 3.33. The summed E-state index contributed by atoms with van der Waals surface area (Å²) in [5.41, 5.74) is 0.238. The van der Waals surface area contributed by atoms with Gasteiger partial charge in [0.1, 0.15) is 11.3 Å². The van der Waals surface area contributed by atoms with Gasteiger partial charge in [0.2, 0.25) is 5.91 Å². The van der Waals surface area contributed by atoms with Crippen molar-refractivity contribution in [1.29, 1.82) is 0 Å². The smallest absolute Gasteiger partial charge is 0.325 e. The summed E-state index contributed by atoms with van der Waals surface area (Å²) in [6.45, 7) is 5.14. The Balaban J connectivity index is 1.68. The molecule has 1 atom stereocenters. The van der Waals surface area contributed by atoms with Gasteiger partial charge in [0.05, 0.1) is 13.7 Å². The number of nitrogens with zero attached hydrogens (tertiary/aromatic N) is 1. The highest BCUT2D eigenvalue weighted by Gasteiger charge is 2.49. The van der Waals surface area contributed by atoms with Crippen LogP contribution in [-0.2, 0) is 15.1 Å². The molecular weight excluding hydrogens is 410 g/mol. The number of carbonyl (C=O) groups is 4. The van der Waals surface area contributed by atoms with Gasteiger partial charge in [0.25, 0.3) is 5.91 Å². The highest BCUT2D eigenvalue weighted by Crippen LogP contribution is 2.30. The van der Waals surface area contributed by atoms with Gasteiger partial charge in [-0.15, -0.1) is 0 Å². The molecule has 8 heteroatoms. The second-order valence-corrected chi connectivity index (χ2v) is 8.32. The monoisotopic (exact) mass is 437 g/mol. The molecule has 0 aliphatic carbocycles. The number of anilines is 1. The predicted molar refractivity (Wildman–Crippen MR) is 119 cm³/mol. The zero-order valence-corrected chi connectivity index (χ0v) is 18.6. The van der Waals surface area contributed by atoms with Crippen LogP contribution in [0.25, 0.3) is 0 Å². The molecule has 2 aromatic rings.